The van der Waals surface area contributed by atoms with E-state index in [9.17, 15) is 13.2 Å². The van der Waals surface area contributed by atoms with E-state index in [1.807, 2.05) is 19.1 Å². The van der Waals surface area contributed by atoms with E-state index in [-0.39, 0.29) is 21.5 Å². The number of nitrogens with one attached hydrogen (secondary N) is 2. The molecule has 0 saturated heterocycles. The second-order valence-electron chi connectivity index (χ2n) is 6.02. The number of hydrogen-bond acceptors (Lipinski definition) is 4. The molecular weight excluding hydrogens is 400 g/mol. The molecule has 0 aliphatic rings. The summed E-state index contributed by atoms with van der Waals surface area (Å²) in [7, 11) is -3.91. The molecule has 0 aliphatic carbocycles. The summed E-state index contributed by atoms with van der Waals surface area (Å²) in [6, 6.07) is 14.8. The first-order chi connectivity index (χ1) is 13.3. The van der Waals surface area contributed by atoms with Crippen molar-refractivity contribution >= 4 is 49.7 Å². The van der Waals surface area contributed by atoms with E-state index < -0.39 is 10.0 Å². The maximum atomic E-state index is 13.0. The highest BCUT2D eigenvalue weighted by molar-refractivity contribution is 7.93. The van der Waals surface area contributed by atoms with Crippen LogP contribution in [0.1, 0.15) is 13.8 Å². The molecule has 0 spiro atoms. The zero-order chi connectivity index (χ0) is 20.3. The maximum Gasteiger partial charge on any atom is 0.262 e. The monoisotopic (exact) mass is 418 g/mol. The first-order valence-corrected chi connectivity index (χ1v) is 10.4. The Morgan fingerprint density at radius 2 is 1.79 bits per heavy atom. The molecule has 6 nitrogen and oxygen atoms in total. The van der Waals surface area contributed by atoms with Gasteiger partial charge in [0.15, 0.2) is 0 Å². The minimum absolute atomic E-state index is 0.119. The Hall–Kier alpha value is -2.77. The number of fused-ring (bicyclic) bond motifs is 1. The van der Waals surface area contributed by atoms with Gasteiger partial charge in [-0.15, -0.1) is 0 Å². The lowest BCUT2D eigenvalue weighted by atomic mass is 10.1. The summed E-state index contributed by atoms with van der Waals surface area (Å²) in [6.45, 7) is 3.72. The van der Waals surface area contributed by atoms with E-state index in [4.69, 9.17) is 16.3 Å². The van der Waals surface area contributed by atoms with Crippen LogP contribution in [0.2, 0.25) is 5.02 Å². The van der Waals surface area contributed by atoms with Crippen LogP contribution >= 0.6 is 11.6 Å². The molecule has 0 aliphatic heterocycles. The number of hydrogen-bond donors (Lipinski definition) is 2. The second kappa shape index (κ2) is 8.08. The van der Waals surface area contributed by atoms with Crippen molar-refractivity contribution in [2.45, 2.75) is 18.7 Å². The van der Waals surface area contributed by atoms with Gasteiger partial charge in [0.2, 0.25) is 5.91 Å². The predicted molar refractivity (Wildman–Crippen MR) is 112 cm³/mol. The van der Waals surface area contributed by atoms with Crippen LogP contribution in [-0.4, -0.2) is 20.9 Å². The lowest BCUT2D eigenvalue weighted by Crippen LogP contribution is -2.14. The molecule has 0 saturated carbocycles. The van der Waals surface area contributed by atoms with E-state index in [2.05, 4.69) is 10.0 Å². The normalized spacial score (nSPS) is 11.2. The average Bonchev–Trinajstić information content (AvgIpc) is 2.64. The fraction of sp³-hybridized carbons (Fsp3) is 0.150. The molecule has 0 radical (unpaired) electrons. The number of anilines is 2. The summed E-state index contributed by atoms with van der Waals surface area (Å²) in [5.41, 5.74) is 0.695. The van der Waals surface area contributed by atoms with Gasteiger partial charge >= 0.3 is 0 Å². The Labute approximate surface area is 168 Å². The number of rotatable bonds is 6. The minimum Gasteiger partial charge on any atom is -0.493 e. The lowest BCUT2D eigenvalue weighted by molar-refractivity contribution is -0.114. The summed E-state index contributed by atoms with van der Waals surface area (Å²) >= 11 is 6.19. The molecule has 1 amide bonds. The van der Waals surface area contributed by atoms with Crippen molar-refractivity contribution < 1.29 is 17.9 Å². The van der Waals surface area contributed by atoms with Crippen LogP contribution in [0.3, 0.4) is 0 Å². The van der Waals surface area contributed by atoms with Gasteiger partial charge in [-0.05, 0) is 37.3 Å². The van der Waals surface area contributed by atoms with Crippen LogP contribution in [0.25, 0.3) is 10.8 Å². The molecule has 3 aromatic carbocycles. The van der Waals surface area contributed by atoms with Crippen LogP contribution < -0.4 is 14.8 Å². The molecular formula is C20H19ClN2O4S. The van der Waals surface area contributed by atoms with Crippen molar-refractivity contribution in [3.8, 4) is 5.75 Å². The molecule has 0 heterocycles. The molecule has 0 atom stereocenters. The molecule has 0 aromatic heterocycles. The number of halogens is 1. The molecule has 3 aromatic rings. The topological polar surface area (TPSA) is 84.5 Å². The third kappa shape index (κ3) is 4.21. The number of carbonyl (C=O) groups is 1. The van der Waals surface area contributed by atoms with Crippen LogP contribution in [0.5, 0.6) is 5.75 Å². The fourth-order valence-electron chi connectivity index (χ4n) is 2.84. The number of amides is 1. The highest BCUT2D eigenvalue weighted by Gasteiger charge is 2.20. The minimum atomic E-state index is -3.91. The SMILES string of the molecule is CCOc1ccc(S(=O)(=O)Nc2ccc(NC(C)=O)cc2Cl)c2ccccc12. The van der Waals surface area contributed by atoms with E-state index in [0.29, 0.717) is 28.8 Å². The summed E-state index contributed by atoms with van der Waals surface area (Å²) < 4.78 is 34.2. The molecule has 0 fully saturated rings. The average molecular weight is 419 g/mol. The number of benzene rings is 3. The third-order valence-corrected chi connectivity index (χ3v) is 5.70. The van der Waals surface area contributed by atoms with Crippen molar-refractivity contribution in [3.05, 3.63) is 59.6 Å². The zero-order valence-corrected chi connectivity index (χ0v) is 16.9. The van der Waals surface area contributed by atoms with E-state index >= 15 is 0 Å². The highest BCUT2D eigenvalue weighted by Crippen LogP contribution is 2.33. The summed E-state index contributed by atoms with van der Waals surface area (Å²) in [5.74, 6) is 0.375. The number of sulfonamides is 1. The smallest absolute Gasteiger partial charge is 0.262 e. The van der Waals surface area contributed by atoms with Crippen molar-refractivity contribution in [2.75, 3.05) is 16.6 Å². The van der Waals surface area contributed by atoms with Crippen LogP contribution in [0, 0.1) is 0 Å². The number of ether oxygens (including phenoxy) is 1. The summed E-state index contributed by atoms with van der Waals surface area (Å²) in [5, 5.41) is 4.02. The van der Waals surface area contributed by atoms with Gasteiger partial charge in [0.1, 0.15) is 5.75 Å². The molecule has 8 heteroatoms. The van der Waals surface area contributed by atoms with Gasteiger partial charge < -0.3 is 10.1 Å². The molecule has 146 valence electrons. The molecule has 2 N–H and O–H groups in total. The van der Waals surface area contributed by atoms with Crippen molar-refractivity contribution in [1.29, 1.82) is 0 Å². The Kier molecular flexibility index (Phi) is 5.76. The largest absolute Gasteiger partial charge is 0.493 e. The van der Waals surface area contributed by atoms with Gasteiger partial charge in [0.05, 0.1) is 22.2 Å². The van der Waals surface area contributed by atoms with Crippen LogP contribution in [0.15, 0.2) is 59.5 Å². The summed E-state index contributed by atoms with van der Waals surface area (Å²) in [4.78, 5) is 11.3. The van der Waals surface area contributed by atoms with Crippen molar-refractivity contribution in [1.82, 2.24) is 0 Å². The maximum absolute atomic E-state index is 13.0. The number of carbonyl (C=O) groups excluding carboxylic acids is 1. The van der Waals surface area contributed by atoms with E-state index in [1.54, 1.807) is 24.3 Å². The Morgan fingerprint density at radius 1 is 1.07 bits per heavy atom. The van der Waals surface area contributed by atoms with Crippen LogP contribution in [-0.2, 0) is 14.8 Å². The molecule has 28 heavy (non-hydrogen) atoms. The van der Waals surface area contributed by atoms with E-state index in [1.165, 1.54) is 25.1 Å². The standard InChI is InChI=1S/C20H19ClN2O4S/c1-3-27-19-10-11-20(16-7-5-4-6-15(16)19)28(25,26)23-18-9-8-14(12-17(18)21)22-13(2)24/h4-12,23H,3H2,1-2H3,(H,22,24). The van der Waals surface area contributed by atoms with E-state index in [0.717, 1.165) is 0 Å². The molecule has 0 bridgehead atoms. The van der Waals surface area contributed by atoms with Crippen molar-refractivity contribution in [2.24, 2.45) is 0 Å². The lowest BCUT2D eigenvalue weighted by Gasteiger charge is -2.14. The Morgan fingerprint density at radius 3 is 2.43 bits per heavy atom. The zero-order valence-electron chi connectivity index (χ0n) is 15.3. The van der Waals surface area contributed by atoms with Gasteiger partial charge in [0, 0.05) is 23.4 Å². The first kappa shape index (κ1) is 20.0. The van der Waals surface area contributed by atoms with Gasteiger partial charge in [-0.25, -0.2) is 8.42 Å². The van der Waals surface area contributed by atoms with Gasteiger partial charge in [-0.2, -0.15) is 0 Å². The van der Waals surface area contributed by atoms with Crippen LogP contribution in [0.4, 0.5) is 11.4 Å². The quantitative estimate of drug-likeness (QED) is 0.610. The predicted octanol–water partition coefficient (Wildman–Crippen LogP) is 4.65. The molecule has 3 rings (SSSR count). The summed E-state index contributed by atoms with van der Waals surface area (Å²) in [6.07, 6.45) is 0. The third-order valence-electron chi connectivity index (χ3n) is 3.97. The molecule has 0 unspecified atom stereocenters. The second-order valence-corrected chi connectivity index (χ2v) is 8.08. The van der Waals surface area contributed by atoms with Gasteiger partial charge in [0.25, 0.3) is 10.0 Å². The van der Waals surface area contributed by atoms with Gasteiger partial charge in [-0.3, -0.25) is 9.52 Å². The van der Waals surface area contributed by atoms with Gasteiger partial charge in [-0.1, -0.05) is 35.9 Å². The fourth-order valence-corrected chi connectivity index (χ4v) is 4.41. The Bertz CT molecular complexity index is 1150. The highest BCUT2D eigenvalue weighted by atomic mass is 35.5. The first-order valence-electron chi connectivity index (χ1n) is 8.56. The van der Waals surface area contributed by atoms with Crippen molar-refractivity contribution in [3.63, 3.8) is 0 Å². The Balaban J connectivity index is 2.00.